The molecule has 2 rings (SSSR count). The largest absolute Gasteiger partial charge is 0.508 e. The van der Waals surface area contributed by atoms with E-state index in [2.05, 4.69) is 25.9 Å². The molecule has 0 aliphatic heterocycles. The zero-order valence-corrected chi connectivity index (χ0v) is 20.6. The Hall–Kier alpha value is -3.97. The number of nitrogens with one attached hydrogen (secondary N) is 4. The summed E-state index contributed by atoms with van der Waals surface area (Å²) < 4.78 is 0. The zero-order chi connectivity index (χ0) is 27.4. The normalized spacial score (nSPS) is 14.1. The number of imidazole rings is 1. The topological polar surface area (TPSA) is 226 Å². The van der Waals surface area contributed by atoms with Crippen LogP contribution in [0.5, 0.6) is 5.75 Å². The fourth-order valence-corrected chi connectivity index (χ4v) is 3.51. The molecule has 0 spiro atoms. The van der Waals surface area contributed by atoms with Crippen molar-refractivity contribution in [1.82, 2.24) is 25.9 Å². The highest BCUT2D eigenvalue weighted by Crippen LogP contribution is 2.11. The van der Waals surface area contributed by atoms with Crippen LogP contribution < -0.4 is 27.4 Å². The molecule has 0 bridgehead atoms. The summed E-state index contributed by atoms with van der Waals surface area (Å²) in [5.74, 6) is -3.00. The van der Waals surface area contributed by atoms with E-state index in [-0.39, 0.29) is 25.0 Å². The monoisotopic (exact) mass is 517 g/mol. The van der Waals surface area contributed by atoms with E-state index in [0.717, 1.165) is 5.56 Å². The molecule has 4 unspecified atom stereocenters. The Kier molecular flexibility index (Phi) is 11.5. The molecule has 202 valence electrons. The number of carboxylic acids is 1. The highest BCUT2D eigenvalue weighted by Gasteiger charge is 2.29. The maximum atomic E-state index is 12.9. The minimum absolute atomic E-state index is 0.0179. The number of H-pyrrole nitrogens is 1. The Bertz CT molecular complexity index is 1030. The molecule has 0 saturated carbocycles. The van der Waals surface area contributed by atoms with E-state index in [1.165, 1.54) is 31.6 Å². The number of aromatic hydroxyl groups is 1. The minimum Gasteiger partial charge on any atom is -0.508 e. The van der Waals surface area contributed by atoms with E-state index in [1.54, 1.807) is 12.1 Å². The molecule has 1 aromatic carbocycles. The zero-order valence-electron chi connectivity index (χ0n) is 20.6. The number of amides is 3. The van der Waals surface area contributed by atoms with Crippen LogP contribution in [0, 0.1) is 0 Å². The van der Waals surface area contributed by atoms with Gasteiger partial charge in [-0.1, -0.05) is 12.1 Å². The average molecular weight is 518 g/mol. The number of aromatic amines is 1. The van der Waals surface area contributed by atoms with Crippen LogP contribution in [0.25, 0.3) is 0 Å². The fraction of sp³-hybridized carbons (Fsp3) is 0.458. The van der Waals surface area contributed by atoms with Crippen molar-refractivity contribution in [3.63, 3.8) is 0 Å². The maximum Gasteiger partial charge on any atom is 0.326 e. The number of carbonyl (C=O) groups is 4. The van der Waals surface area contributed by atoms with E-state index in [1.807, 2.05) is 0 Å². The third-order valence-corrected chi connectivity index (χ3v) is 5.65. The maximum absolute atomic E-state index is 12.9. The van der Waals surface area contributed by atoms with Crippen LogP contribution in [0.3, 0.4) is 0 Å². The molecule has 37 heavy (non-hydrogen) atoms. The molecular formula is C24H35N7O6. The molecule has 13 nitrogen and oxygen atoms in total. The first-order chi connectivity index (χ1) is 17.6. The van der Waals surface area contributed by atoms with Gasteiger partial charge >= 0.3 is 5.97 Å². The molecule has 13 heteroatoms. The Morgan fingerprint density at radius 3 is 2.24 bits per heavy atom. The molecule has 0 aliphatic rings. The van der Waals surface area contributed by atoms with Gasteiger partial charge in [-0.15, -0.1) is 0 Å². The number of phenolic OH excluding ortho intramolecular Hbond substituents is 1. The van der Waals surface area contributed by atoms with Gasteiger partial charge in [0.25, 0.3) is 0 Å². The Balaban J connectivity index is 1.98. The number of hydrogen-bond donors (Lipinski definition) is 8. The van der Waals surface area contributed by atoms with Crippen LogP contribution in [-0.2, 0) is 32.0 Å². The van der Waals surface area contributed by atoms with Crippen LogP contribution in [0.2, 0.25) is 0 Å². The van der Waals surface area contributed by atoms with Gasteiger partial charge < -0.3 is 42.6 Å². The third-order valence-electron chi connectivity index (χ3n) is 5.65. The standard InChI is InChI=1S/C24H35N7O6/c1-14(29-22(34)18(26)10-15-5-7-17(32)8-6-15)21(33)30-19(4-2-3-9-25)23(35)31-20(24(36)37)11-16-12-27-13-28-16/h5-8,12-14,18-20,32H,2-4,9-11,25-26H2,1H3,(H,27,28)(H,29,34)(H,30,33)(H,31,35)(H,36,37). The second kappa shape index (κ2) is 14.6. The van der Waals surface area contributed by atoms with Gasteiger partial charge in [0.2, 0.25) is 17.7 Å². The number of nitrogens with two attached hydrogens (primary N) is 2. The van der Waals surface area contributed by atoms with Gasteiger partial charge in [0, 0.05) is 18.3 Å². The number of aromatic nitrogens is 2. The molecule has 1 heterocycles. The molecule has 0 aliphatic carbocycles. The number of nitrogens with zero attached hydrogens (tertiary/aromatic N) is 1. The first-order valence-corrected chi connectivity index (χ1v) is 12.0. The van der Waals surface area contributed by atoms with Gasteiger partial charge in [-0.3, -0.25) is 14.4 Å². The van der Waals surface area contributed by atoms with Crippen molar-refractivity contribution in [3.05, 3.63) is 48.0 Å². The van der Waals surface area contributed by atoms with Crippen molar-refractivity contribution >= 4 is 23.7 Å². The molecular weight excluding hydrogens is 482 g/mol. The summed E-state index contributed by atoms with van der Waals surface area (Å²) in [6.07, 6.45) is 4.39. The van der Waals surface area contributed by atoms with Crippen LogP contribution in [0.1, 0.15) is 37.4 Å². The number of unbranched alkanes of at least 4 members (excludes halogenated alkanes) is 1. The van der Waals surface area contributed by atoms with Crippen LogP contribution >= 0.6 is 0 Å². The van der Waals surface area contributed by atoms with Crippen LogP contribution in [0.4, 0.5) is 0 Å². The lowest BCUT2D eigenvalue weighted by atomic mass is 10.0. The van der Waals surface area contributed by atoms with E-state index in [4.69, 9.17) is 11.5 Å². The van der Waals surface area contributed by atoms with Gasteiger partial charge in [-0.2, -0.15) is 0 Å². The third kappa shape index (κ3) is 9.89. The molecule has 1 aromatic heterocycles. The first kappa shape index (κ1) is 29.3. The summed E-state index contributed by atoms with van der Waals surface area (Å²) in [4.78, 5) is 56.5. The molecule has 4 atom stereocenters. The summed E-state index contributed by atoms with van der Waals surface area (Å²) in [6.45, 7) is 1.85. The summed E-state index contributed by atoms with van der Waals surface area (Å²) in [7, 11) is 0. The number of carbonyl (C=O) groups excluding carboxylic acids is 3. The number of aliphatic carboxylic acids is 1. The van der Waals surface area contributed by atoms with Crippen LogP contribution in [0.15, 0.2) is 36.8 Å². The van der Waals surface area contributed by atoms with Gasteiger partial charge in [0.05, 0.1) is 12.4 Å². The molecule has 0 fully saturated rings. The Morgan fingerprint density at radius 2 is 1.65 bits per heavy atom. The van der Waals surface area contributed by atoms with Gasteiger partial charge in [-0.05, 0) is 56.8 Å². The van der Waals surface area contributed by atoms with E-state index < -0.39 is 47.9 Å². The minimum atomic E-state index is -1.24. The van der Waals surface area contributed by atoms with Gasteiger partial charge in [0.15, 0.2) is 0 Å². The van der Waals surface area contributed by atoms with Crippen molar-refractivity contribution in [2.45, 2.75) is 63.2 Å². The summed E-state index contributed by atoms with van der Waals surface area (Å²) in [5.41, 5.74) is 12.8. The lowest BCUT2D eigenvalue weighted by molar-refractivity contribution is -0.142. The van der Waals surface area contributed by atoms with E-state index in [0.29, 0.717) is 25.1 Å². The predicted molar refractivity (Wildman–Crippen MR) is 134 cm³/mol. The van der Waals surface area contributed by atoms with Gasteiger partial charge in [0.1, 0.15) is 23.9 Å². The number of rotatable bonds is 15. The molecule has 2 aromatic rings. The smallest absolute Gasteiger partial charge is 0.326 e. The van der Waals surface area contributed by atoms with Crippen molar-refractivity contribution in [1.29, 1.82) is 0 Å². The van der Waals surface area contributed by atoms with Crippen LogP contribution in [-0.4, -0.2) is 74.6 Å². The SMILES string of the molecule is CC(NC(=O)C(N)Cc1ccc(O)cc1)C(=O)NC(CCCCN)C(=O)NC(Cc1cnc[nH]1)C(=O)O. The highest BCUT2D eigenvalue weighted by molar-refractivity contribution is 5.94. The summed E-state index contributed by atoms with van der Waals surface area (Å²) in [6, 6.07) is 2.01. The Morgan fingerprint density at radius 1 is 0.973 bits per heavy atom. The van der Waals surface area contributed by atoms with Crippen molar-refractivity contribution in [2.75, 3.05) is 6.54 Å². The van der Waals surface area contributed by atoms with Crippen molar-refractivity contribution in [3.8, 4) is 5.75 Å². The van der Waals surface area contributed by atoms with E-state index in [9.17, 15) is 29.4 Å². The van der Waals surface area contributed by atoms with Crippen molar-refractivity contribution in [2.24, 2.45) is 11.5 Å². The molecule has 0 radical (unpaired) electrons. The second-order valence-electron chi connectivity index (χ2n) is 8.73. The lowest BCUT2D eigenvalue weighted by Crippen LogP contribution is -2.56. The molecule has 10 N–H and O–H groups in total. The average Bonchev–Trinajstić information content (AvgIpc) is 3.37. The number of carboxylic acid groups (broad SMARTS) is 1. The second-order valence-corrected chi connectivity index (χ2v) is 8.73. The summed E-state index contributed by atoms with van der Waals surface area (Å²) in [5, 5.41) is 26.5. The van der Waals surface area contributed by atoms with Crippen molar-refractivity contribution < 1.29 is 29.4 Å². The summed E-state index contributed by atoms with van der Waals surface area (Å²) >= 11 is 0. The number of hydrogen-bond acceptors (Lipinski definition) is 8. The molecule has 0 saturated heterocycles. The van der Waals surface area contributed by atoms with E-state index >= 15 is 0 Å². The fourth-order valence-electron chi connectivity index (χ4n) is 3.51. The predicted octanol–water partition coefficient (Wildman–Crippen LogP) is -1.08. The van der Waals surface area contributed by atoms with Gasteiger partial charge in [-0.25, -0.2) is 9.78 Å². The number of phenols is 1. The highest BCUT2D eigenvalue weighted by atomic mass is 16.4. The molecule has 3 amide bonds. The quantitative estimate of drug-likeness (QED) is 0.134. The Labute approximate surface area is 214 Å². The number of benzene rings is 1. The lowest BCUT2D eigenvalue weighted by Gasteiger charge is -2.24. The first-order valence-electron chi connectivity index (χ1n) is 12.0.